The number of alkyl halides is 3. The second kappa shape index (κ2) is 6.68. The normalized spacial score (nSPS) is 18.0. The monoisotopic (exact) mass is 375 g/mol. The minimum atomic E-state index is -4.97. The molecular weight excluding hydrogens is 359 g/mol. The fraction of sp³-hybridized carbons (Fsp3) is 0.400. The SMILES string of the molecule is O=S(=O)(NCC1CCn2ccnc2C1)c1ccccc1OC(F)(F)F. The number of hydrogen-bond donors (Lipinski definition) is 1. The maximum Gasteiger partial charge on any atom is 0.573 e. The molecule has 1 unspecified atom stereocenters. The molecule has 1 aromatic heterocycles. The Kier molecular flexibility index (Phi) is 4.74. The molecule has 0 fully saturated rings. The number of sulfonamides is 1. The van der Waals surface area contributed by atoms with Crippen LogP contribution in [-0.2, 0) is 23.0 Å². The first kappa shape index (κ1) is 17.7. The third-order valence-corrected chi connectivity index (χ3v) is 5.44. The average molecular weight is 375 g/mol. The summed E-state index contributed by atoms with van der Waals surface area (Å²) in [6.45, 7) is 0.852. The van der Waals surface area contributed by atoms with E-state index >= 15 is 0 Å². The lowest BCUT2D eigenvalue weighted by molar-refractivity contribution is -0.275. The number of para-hydroxylation sites is 1. The molecule has 0 bridgehead atoms. The van der Waals surface area contributed by atoms with Gasteiger partial charge in [-0.25, -0.2) is 18.1 Å². The van der Waals surface area contributed by atoms with Gasteiger partial charge >= 0.3 is 6.36 Å². The van der Waals surface area contributed by atoms with E-state index in [1.54, 1.807) is 6.20 Å². The van der Waals surface area contributed by atoms with Crippen LogP contribution >= 0.6 is 0 Å². The highest BCUT2D eigenvalue weighted by Gasteiger charge is 2.34. The molecule has 0 saturated carbocycles. The predicted octanol–water partition coefficient (Wildman–Crippen LogP) is 2.32. The molecule has 1 aliphatic heterocycles. The zero-order valence-corrected chi connectivity index (χ0v) is 13.8. The molecule has 0 amide bonds. The van der Waals surface area contributed by atoms with Crippen LogP contribution in [0.3, 0.4) is 0 Å². The van der Waals surface area contributed by atoms with Gasteiger partial charge < -0.3 is 9.30 Å². The smallest absolute Gasteiger partial charge is 0.404 e. The molecular formula is C15H16F3N3O3S. The lowest BCUT2D eigenvalue weighted by Gasteiger charge is -2.23. The number of rotatable bonds is 5. The van der Waals surface area contributed by atoms with Crippen molar-refractivity contribution in [2.45, 2.75) is 30.6 Å². The molecule has 0 spiro atoms. The Morgan fingerprint density at radius 3 is 2.84 bits per heavy atom. The van der Waals surface area contributed by atoms with Gasteiger partial charge in [0.15, 0.2) is 0 Å². The Hall–Kier alpha value is -2.07. The summed E-state index contributed by atoms with van der Waals surface area (Å²) in [6.07, 6.45) is -0.0537. The van der Waals surface area contributed by atoms with Crippen molar-refractivity contribution in [1.29, 1.82) is 0 Å². The van der Waals surface area contributed by atoms with Gasteiger partial charge in [0.1, 0.15) is 16.5 Å². The first-order valence-electron chi connectivity index (χ1n) is 7.59. The van der Waals surface area contributed by atoms with E-state index < -0.39 is 27.0 Å². The summed E-state index contributed by atoms with van der Waals surface area (Å²) < 4.78 is 70.3. The molecule has 6 nitrogen and oxygen atoms in total. The van der Waals surface area contributed by atoms with Crippen molar-refractivity contribution in [3.8, 4) is 5.75 Å². The number of aromatic nitrogens is 2. The van der Waals surface area contributed by atoms with Gasteiger partial charge in [-0.1, -0.05) is 12.1 Å². The van der Waals surface area contributed by atoms with Crippen molar-refractivity contribution in [2.75, 3.05) is 6.54 Å². The molecule has 3 rings (SSSR count). The van der Waals surface area contributed by atoms with Gasteiger partial charge in [-0.2, -0.15) is 0 Å². The Morgan fingerprint density at radius 1 is 1.32 bits per heavy atom. The highest BCUT2D eigenvalue weighted by Crippen LogP contribution is 2.29. The number of benzene rings is 1. The lowest BCUT2D eigenvalue weighted by atomic mass is 9.98. The van der Waals surface area contributed by atoms with Crippen molar-refractivity contribution in [3.63, 3.8) is 0 Å². The molecule has 0 saturated heterocycles. The Balaban J connectivity index is 1.71. The number of aryl methyl sites for hydroxylation is 1. The summed E-state index contributed by atoms with van der Waals surface area (Å²) in [5, 5.41) is 0. The van der Waals surface area contributed by atoms with E-state index in [4.69, 9.17) is 0 Å². The van der Waals surface area contributed by atoms with Crippen molar-refractivity contribution < 1.29 is 26.3 Å². The van der Waals surface area contributed by atoms with E-state index in [0.29, 0.717) is 6.42 Å². The molecule has 25 heavy (non-hydrogen) atoms. The van der Waals surface area contributed by atoms with E-state index in [1.165, 1.54) is 12.1 Å². The van der Waals surface area contributed by atoms with Crippen LogP contribution in [-0.4, -0.2) is 30.9 Å². The fourth-order valence-corrected chi connectivity index (χ4v) is 4.02. The fourth-order valence-electron chi connectivity index (χ4n) is 2.78. The quantitative estimate of drug-likeness (QED) is 0.871. The van der Waals surface area contributed by atoms with E-state index in [2.05, 4.69) is 14.4 Å². The third-order valence-electron chi connectivity index (χ3n) is 3.98. The predicted molar refractivity (Wildman–Crippen MR) is 82.4 cm³/mol. The average Bonchev–Trinajstić information content (AvgIpc) is 2.99. The molecule has 0 radical (unpaired) electrons. The maximum atomic E-state index is 12.4. The van der Waals surface area contributed by atoms with Crippen LogP contribution in [0.4, 0.5) is 13.2 Å². The summed E-state index contributed by atoms with van der Waals surface area (Å²) in [6, 6.07) is 4.67. The first-order valence-corrected chi connectivity index (χ1v) is 9.07. The van der Waals surface area contributed by atoms with E-state index in [9.17, 15) is 21.6 Å². The summed E-state index contributed by atoms with van der Waals surface area (Å²) in [5.74, 6) is 0.151. The van der Waals surface area contributed by atoms with Gasteiger partial charge in [-0.15, -0.1) is 13.2 Å². The molecule has 1 atom stereocenters. The van der Waals surface area contributed by atoms with Gasteiger partial charge in [-0.05, 0) is 24.5 Å². The zero-order valence-electron chi connectivity index (χ0n) is 13.0. The summed E-state index contributed by atoms with van der Waals surface area (Å²) in [4.78, 5) is 3.67. The molecule has 2 aromatic rings. The number of halogens is 3. The molecule has 1 N–H and O–H groups in total. The summed E-state index contributed by atoms with van der Waals surface area (Å²) in [5.41, 5.74) is 0. The van der Waals surface area contributed by atoms with Crippen molar-refractivity contribution in [1.82, 2.24) is 14.3 Å². The Morgan fingerprint density at radius 2 is 2.08 bits per heavy atom. The lowest BCUT2D eigenvalue weighted by Crippen LogP contribution is -2.33. The Bertz CT molecular complexity index is 849. The molecule has 1 aliphatic rings. The largest absolute Gasteiger partial charge is 0.573 e. The summed E-state index contributed by atoms with van der Waals surface area (Å²) >= 11 is 0. The van der Waals surface area contributed by atoms with Crippen LogP contribution in [0, 0.1) is 5.92 Å². The van der Waals surface area contributed by atoms with Gasteiger partial charge in [-0.3, -0.25) is 0 Å². The minimum Gasteiger partial charge on any atom is -0.404 e. The molecule has 136 valence electrons. The topological polar surface area (TPSA) is 73.2 Å². The van der Waals surface area contributed by atoms with Gasteiger partial charge in [0, 0.05) is 31.9 Å². The maximum absolute atomic E-state index is 12.4. The highest BCUT2D eigenvalue weighted by atomic mass is 32.2. The van der Waals surface area contributed by atoms with Crippen LogP contribution < -0.4 is 9.46 Å². The zero-order chi connectivity index (χ0) is 18.1. The molecule has 0 aliphatic carbocycles. The number of nitrogens with zero attached hydrogens (tertiary/aromatic N) is 2. The van der Waals surface area contributed by atoms with Crippen LogP contribution in [0.5, 0.6) is 5.75 Å². The van der Waals surface area contributed by atoms with Crippen LogP contribution in [0.2, 0.25) is 0 Å². The molecule has 1 aromatic carbocycles. The van der Waals surface area contributed by atoms with Crippen LogP contribution in [0.15, 0.2) is 41.6 Å². The van der Waals surface area contributed by atoms with Crippen LogP contribution in [0.1, 0.15) is 12.2 Å². The number of hydrogen-bond acceptors (Lipinski definition) is 4. The van der Waals surface area contributed by atoms with Crippen molar-refractivity contribution in [3.05, 3.63) is 42.5 Å². The highest BCUT2D eigenvalue weighted by molar-refractivity contribution is 7.89. The van der Waals surface area contributed by atoms with Gasteiger partial charge in [0.05, 0.1) is 0 Å². The van der Waals surface area contributed by atoms with E-state index in [1.807, 2.05) is 10.8 Å². The van der Waals surface area contributed by atoms with Gasteiger partial charge in [0.2, 0.25) is 10.0 Å². The molecule has 10 heteroatoms. The standard InChI is InChI=1S/C15H16F3N3O3S/c16-15(17,18)24-12-3-1-2-4-13(12)25(22,23)20-10-11-5-7-21-8-6-19-14(21)9-11/h1-4,6,8,11,20H,5,7,9-10H2. The Labute approximate surface area is 142 Å². The number of imidazole rings is 1. The first-order chi connectivity index (χ1) is 11.7. The van der Waals surface area contributed by atoms with Crippen molar-refractivity contribution in [2.24, 2.45) is 5.92 Å². The summed E-state index contributed by atoms with van der Waals surface area (Å²) in [7, 11) is -4.13. The number of nitrogens with one attached hydrogen (secondary N) is 1. The number of fused-ring (bicyclic) bond motifs is 1. The number of ether oxygens (including phenoxy) is 1. The van der Waals surface area contributed by atoms with E-state index in [-0.39, 0.29) is 12.5 Å². The van der Waals surface area contributed by atoms with Crippen molar-refractivity contribution >= 4 is 10.0 Å². The van der Waals surface area contributed by atoms with Gasteiger partial charge in [0.25, 0.3) is 0 Å². The second-order valence-corrected chi connectivity index (χ2v) is 7.48. The van der Waals surface area contributed by atoms with E-state index in [0.717, 1.165) is 30.9 Å². The van der Waals surface area contributed by atoms with Crippen LogP contribution in [0.25, 0.3) is 0 Å². The molecule has 2 heterocycles. The minimum absolute atomic E-state index is 0.0281. The second-order valence-electron chi connectivity index (χ2n) is 5.74. The third kappa shape index (κ3) is 4.31.